The number of hydrogen-bond acceptors (Lipinski definition) is 0. The Kier molecular flexibility index (Phi) is 10.8. The van der Waals surface area contributed by atoms with Crippen molar-refractivity contribution >= 4 is 66.0 Å². The third kappa shape index (κ3) is 7.14. The van der Waals surface area contributed by atoms with E-state index in [0.717, 1.165) is 0 Å². The van der Waals surface area contributed by atoms with Gasteiger partial charge in [-0.3, -0.25) is 0 Å². The van der Waals surface area contributed by atoms with Crippen LogP contribution < -0.4 is 0 Å². The molecule has 0 aromatic heterocycles. The third-order valence-corrected chi connectivity index (χ3v) is 16.9. The Hall–Kier alpha value is -9.88. The SMILES string of the molecule is Cc1ccc(C2(c3ccc(-c4ccc(-c5c6ccccc6c(-c6ccc(/C=C/c7ccc(-c8cccc9ccccc89)c8ccccc78)c7ccccc67)c6ccccc56)cc4)cc3)c3ccccc3-c3ccccc32)cc1. The van der Waals surface area contributed by atoms with E-state index in [4.69, 9.17) is 0 Å². The van der Waals surface area contributed by atoms with E-state index in [-0.39, 0.29) is 0 Å². The van der Waals surface area contributed by atoms with Gasteiger partial charge in [0.15, 0.2) is 0 Å². The number of fused-ring (bicyclic) bond motifs is 8. The summed E-state index contributed by atoms with van der Waals surface area (Å²) in [5.74, 6) is 0. The first-order valence-electron chi connectivity index (χ1n) is 27.2. The van der Waals surface area contributed by atoms with Crippen molar-refractivity contribution in [3.63, 3.8) is 0 Å². The van der Waals surface area contributed by atoms with Crippen LogP contribution in [0.2, 0.25) is 0 Å². The van der Waals surface area contributed by atoms with Crippen LogP contribution in [0.5, 0.6) is 0 Å². The highest BCUT2D eigenvalue weighted by Crippen LogP contribution is 2.56. The van der Waals surface area contributed by atoms with Crippen molar-refractivity contribution in [2.24, 2.45) is 0 Å². The Morgan fingerprint density at radius 3 is 1.18 bits per heavy atom. The van der Waals surface area contributed by atoms with Gasteiger partial charge in [0.2, 0.25) is 0 Å². The molecule has 15 rings (SSSR count). The summed E-state index contributed by atoms with van der Waals surface area (Å²) in [6, 6.07) is 106. The maximum absolute atomic E-state index is 2.36. The molecule has 1 aliphatic rings. The molecule has 0 heteroatoms. The Labute approximate surface area is 455 Å². The van der Waals surface area contributed by atoms with Crippen LogP contribution in [0.3, 0.4) is 0 Å². The summed E-state index contributed by atoms with van der Waals surface area (Å²) in [6.07, 6.45) is 4.60. The molecule has 0 nitrogen and oxygen atoms in total. The molecular weight excluding hydrogens is 937 g/mol. The lowest BCUT2D eigenvalue weighted by molar-refractivity contribution is 0.768. The van der Waals surface area contributed by atoms with Gasteiger partial charge in [-0.25, -0.2) is 0 Å². The zero-order chi connectivity index (χ0) is 51.7. The standard InChI is InChI=1S/C78H52/c1-51-33-45-58(46-34-51)78(74-31-14-12-24-67(74)68-25-13-15-32-75(68)78)59-47-41-53(42-48-59)52-35-39-57(40-36-52)76-69-26-8-10-28-71(69)77(72-29-11-9-27-70(72)76)73-50-44-56(62-21-5-7-23-65(62)73)38-37-55-43-49-66(63-22-6-4-20-61(55)63)64-30-16-18-54-17-2-3-19-60(54)64/h2-50H,1H3/b38-37+. The average molecular weight is 989 g/mol. The molecular formula is C78H52. The number of rotatable bonds is 8. The quantitative estimate of drug-likeness (QED) is 0.105. The molecule has 0 heterocycles. The molecule has 14 aromatic carbocycles. The van der Waals surface area contributed by atoms with Gasteiger partial charge >= 0.3 is 0 Å². The lowest BCUT2D eigenvalue weighted by atomic mass is 9.67. The van der Waals surface area contributed by atoms with Gasteiger partial charge in [0.25, 0.3) is 0 Å². The summed E-state index contributed by atoms with van der Waals surface area (Å²) in [6.45, 7) is 2.17. The first-order chi connectivity index (χ1) is 38.6. The van der Waals surface area contributed by atoms with Crippen molar-refractivity contribution in [3.05, 3.63) is 324 Å². The second-order valence-electron chi connectivity index (χ2n) is 21.1. The molecule has 0 N–H and O–H groups in total. The highest BCUT2D eigenvalue weighted by molar-refractivity contribution is 6.24. The molecule has 0 spiro atoms. The van der Waals surface area contributed by atoms with Crippen LogP contribution in [0.4, 0.5) is 0 Å². The fourth-order valence-electron chi connectivity index (χ4n) is 13.3. The van der Waals surface area contributed by atoms with Gasteiger partial charge in [0, 0.05) is 0 Å². The van der Waals surface area contributed by atoms with E-state index in [2.05, 4.69) is 304 Å². The maximum Gasteiger partial charge on any atom is 0.0713 e. The molecule has 0 bridgehead atoms. The molecule has 14 aromatic rings. The van der Waals surface area contributed by atoms with Crippen molar-refractivity contribution < 1.29 is 0 Å². The van der Waals surface area contributed by atoms with Gasteiger partial charge < -0.3 is 0 Å². The zero-order valence-corrected chi connectivity index (χ0v) is 43.3. The van der Waals surface area contributed by atoms with Gasteiger partial charge in [-0.1, -0.05) is 303 Å². The van der Waals surface area contributed by atoms with Crippen LogP contribution in [0.1, 0.15) is 38.9 Å². The van der Waals surface area contributed by atoms with Gasteiger partial charge in [-0.05, 0) is 150 Å². The van der Waals surface area contributed by atoms with Crippen molar-refractivity contribution in [2.45, 2.75) is 12.3 Å². The lowest BCUT2D eigenvalue weighted by Crippen LogP contribution is -2.28. The summed E-state index contributed by atoms with van der Waals surface area (Å²) in [5.41, 5.74) is 20.9. The van der Waals surface area contributed by atoms with Crippen molar-refractivity contribution in [1.29, 1.82) is 0 Å². The van der Waals surface area contributed by atoms with Gasteiger partial charge in [0.1, 0.15) is 0 Å². The largest absolute Gasteiger partial charge is 0.0713 e. The average Bonchev–Trinajstić information content (AvgIpc) is 3.56. The van der Waals surface area contributed by atoms with E-state index < -0.39 is 5.41 Å². The number of benzene rings is 14. The first-order valence-corrected chi connectivity index (χ1v) is 27.2. The van der Waals surface area contributed by atoms with Crippen LogP contribution in [-0.2, 0) is 5.41 Å². The molecule has 0 unspecified atom stereocenters. The van der Waals surface area contributed by atoms with Crippen molar-refractivity contribution in [1.82, 2.24) is 0 Å². The molecule has 0 atom stereocenters. The van der Waals surface area contributed by atoms with Crippen LogP contribution in [0.25, 0.3) is 122 Å². The van der Waals surface area contributed by atoms with Crippen molar-refractivity contribution in [3.8, 4) is 55.6 Å². The summed E-state index contributed by atoms with van der Waals surface area (Å²) in [7, 11) is 0. The number of hydrogen-bond donors (Lipinski definition) is 0. The second-order valence-corrected chi connectivity index (χ2v) is 21.1. The van der Waals surface area contributed by atoms with Crippen LogP contribution in [0.15, 0.2) is 285 Å². The minimum absolute atomic E-state index is 0.424. The van der Waals surface area contributed by atoms with E-state index in [1.54, 1.807) is 0 Å². The topological polar surface area (TPSA) is 0 Å². The Morgan fingerprint density at radius 2 is 0.615 bits per heavy atom. The van der Waals surface area contributed by atoms with E-state index in [0.29, 0.717) is 0 Å². The van der Waals surface area contributed by atoms with Gasteiger partial charge in [0.05, 0.1) is 5.41 Å². The predicted octanol–water partition coefficient (Wildman–Crippen LogP) is 21.0. The minimum atomic E-state index is -0.424. The Balaban J connectivity index is 0.796. The van der Waals surface area contributed by atoms with Gasteiger partial charge in [-0.2, -0.15) is 0 Å². The molecule has 0 saturated heterocycles. The van der Waals surface area contributed by atoms with E-state index >= 15 is 0 Å². The van der Waals surface area contributed by atoms with Crippen LogP contribution in [-0.4, -0.2) is 0 Å². The second kappa shape index (κ2) is 18.4. The summed E-state index contributed by atoms with van der Waals surface area (Å²) in [4.78, 5) is 0. The smallest absolute Gasteiger partial charge is 0.0619 e. The summed E-state index contributed by atoms with van der Waals surface area (Å²) >= 11 is 0. The normalized spacial score (nSPS) is 12.7. The fourth-order valence-corrected chi connectivity index (χ4v) is 13.3. The van der Waals surface area contributed by atoms with Crippen molar-refractivity contribution in [2.75, 3.05) is 0 Å². The third-order valence-electron chi connectivity index (χ3n) is 16.9. The molecule has 0 amide bonds. The summed E-state index contributed by atoms with van der Waals surface area (Å²) < 4.78 is 0. The molecule has 1 aliphatic carbocycles. The van der Waals surface area contributed by atoms with Gasteiger partial charge in [-0.15, -0.1) is 0 Å². The minimum Gasteiger partial charge on any atom is -0.0619 e. The van der Waals surface area contributed by atoms with Crippen LogP contribution >= 0.6 is 0 Å². The maximum atomic E-state index is 2.36. The summed E-state index contributed by atoms with van der Waals surface area (Å²) in [5, 5.41) is 12.5. The zero-order valence-electron chi connectivity index (χ0n) is 43.3. The predicted molar refractivity (Wildman–Crippen MR) is 333 cm³/mol. The highest BCUT2D eigenvalue weighted by atomic mass is 14.5. The molecule has 78 heavy (non-hydrogen) atoms. The molecule has 0 saturated carbocycles. The van der Waals surface area contributed by atoms with Crippen LogP contribution in [0, 0.1) is 6.92 Å². The number of aryl methyl sites for hydroxylation is 1. The molecule has 364 valence electrons. The molecule has 0 radical (unpaired) electrons. The molecule has 0 aliphatic heterocycles. The Bertz CT molecular complexity index is 4600. The molecule has 0 fully saturated rings. The first kappa shape index (κ1) is 45.5. The fraction of sp³-hybridized carbons (Fsp3) is 0.0256. The van der Waals surface area contributed by atoms with E-state index in [9.17, 15) is 0 Å². The van der Waals surface area contributed by atoms with E-state index in [1.807, 2.05) is 0 Å². The highest BCUT2D eigenvalue weighted by Gasteiger charge is 2.45. The lowest BCUT2D eigenvalue weighted by Gasteiger charge is -2.34. The Morgan fingerprint density at radius 1 is 0.244 bits per heavy atom. The monoisotopic (exact) mass is 988 g/mol. The van der Waals surface area contributed by atoms with E-state index in [1.165, 1.54) is 148 Å².